The van der Waals surface area contributed by atoms with Crippen LogP contribution in [0.1, 0.15) is 12.7 Å². The van der Waals surface area contributed by atoms with Crippen molar-refractivity contribution in [2.24, 2.45) is 0 Å². The summed E-state index contributed by atoms with van der Waals surface area (Å²) < 4.78 is 12.5. The van der Waals surface area contributed by atoms with Gasteiger partial charge in [-0.3, -0.25) is 9.36 Å². The Labute approximate surface area is 134 Å². The Kier molecular flexibility index (Phi) is 4.02. The molecular formula is C18H18N2O3. The van der Waals surface area contributed by atoms with Crippen molar-refractivity contribution in [2.75, 3.05) is 14.2 Å². The van der Waals surface area contributed by atoms with E-state index in [1.54, 1.807) is 37.0 Å². The molecule has 118 valence electrons. The minimum Gasteiger partial charge on any atom is -0.494 e. The highest BCUT2D eigenvalue weighted by Gasteiger charge is 2.18. The van der Waals surface area contributed by atoms with E-state index in [1.807, 2.05) is 31.2 Å². The van der Waals surface area contributed by atoms with Gasteiger partial charge in [0.1, 0.15) is 23.0 Å². The van der Waals surface area contributed by atoms with Crippen LogP contribution in [-0.2, 0) is 6.42 Å². The Balaban J connectivity index is 2.46. The van der Waals surface area contributed by atoms with E-state index in [9.17, 15) is 4.79 Å². The van der Waals surface area contributed by atoms with Gasteiger partial charge in [-0.25, -0.2) is 4.98 Å². The van der Waals surface area contributed by atoms with Gasteiger partial charge in [-0.15, -0.1) is 0 Å². The van der Waals surface area contributed by atoms with Crippen LogP contribution in [0.25, 0.3) is 16.6 Å². The van der Waals surface area contributed by atoms with Gasteiger partial charge in [0.15, 0.2) is 0 Å². The molecule has 0 bridgehead atoms. The molecule has 0 aliphatic heterocycles. The number of aryl methyl sites for hydroxylation is 1. The molecule has 0 atom stereocenters. The monoisotopic (exact) mass is 310 g/mol. The average molecular weight is 310 g/mol. The molecule has 2 aromatic carbocycles. The summed E-state index contributed by atoms with van der Waals surface area (Å²) in [5, 5.41) is 0.567. The zero-order valence-electron chi connectivity index (χ0n) is 13.4. The molecule has 0 aliphatic carbocycles. The van der Waals surface area contributed by atoms with Gasteiger partial charge in [-0.1, -0.05) is 25.1 Å². The minimum atomic E-state index is -0.129. The maximum absolute atomic E-state index is 13.1. The second kappa shape index (κ2) is 6.12. The molecule has 1 aromatic heterocycles. The quantitative estimate of drug-likeness (QED) is 0.743. The molecule has 5 nitrogen and oxygen atoms in total. The maximum atomic E-state index is 13.1. The van der Waals surface area contributed by atoms with Crippen molar-refractivity contribution in [3.05, 3.63) is 58.6 Å². The minimum absolute atomic E-state index is 0.129. The number of hydrogen-bond acceptors (Lipinski definition) is 4. The van der Waals surface area contributed by atoms with Gasteiger partial charge in [0, 0.05) is 6.42 Å². The van der Waals surface area contributed by atoms with Crippen LogP contribution in [0.4, 0.5) is 0 Å². The van der Waals surface area contributed by atoms with Crippen LogP contribution in [-0.4, -0.2) is 23.8 Å². The predicted molar refractivity (Wildman–Crippen MR) is 89.8 cm³/mol. The standard InChI is InChI=1S/C18H18N2O3/c1-4-16-19-13-9-6-5-8-12(13)18(21)20(16)17-14(22-2)10-7-11-15(17)23-3/h5-11H,4H2,1-3H3. The van der Waals surface area contributed by atoms with E-state index in [0.29, 0.717) is 40.3 Å². The van der Waals surface area contributed by atoms with Crippen molar-refractivity contribution in [1.82, 2.24) is 9.55 Å². The molecular weight excluding hydrogens is 292 g/mol. The van der Waals surface area contributed by atoms with Gasteiger partial charge in [0.05, 0.1) is 25.1 Å². The summed E-state index contributed by atoms with van der Waals surface area (Å²) in [6.45, 7) is 1.97. The smallest absolute Gasteiger partial charge is 0.266 e. The lowest BCUT2D eigenvalue weighted by atomic mass is 10.2. The fourth-order valence-corrected chi connectivity index (χ4v) is 2.70. The van der Waals surface area contributed by atoms with E-state index in [1.165, 1.54) is 0 Å². The highest BCUT2D eigenvalue weighted by atomic mass is 16.5. The third-order valence-corrected chi connectivity index (χ3v) is 3.79. The average Bonchev–Trinajstić information content (AvgIpc) is 2.61. The van der Waals surface area contributed by atoms with E-state index in [-0.39, 0.29) is 5.56 Å². The zero-order valence-corrected chi connectivity index (χ0v) is 13.4. The summed E-state index contributed by atoms with van der Waals surface area (Å²) in [4.78, 5) is 17.7. The Hall–Kier alpha value is -2.82. The number of hydrogen-bond donors (Lipinski definition) is 0. The zero-order chi connectivity index (χ0) is 16.4. The SMILES string of the molecule is CCc1nc2ccccc2c(=O)n1-c1c(OC)cccc1OC. The van der Waals surface area contributed by atoms with Crippen molar-refractivity contribution in [1.29, 1.82) is 0 Å². The number of aromatic nitrogens is 2. The molecule has 0 saturated carbocycles. The first-order valence-electron chi connectivity index (χ1n) is 7.43. The van der Waals surface area contributed by atoms with Crippen molar-refractivity contribution in [3.63, 3.8) is 0 Å². The Morgan fingerprint density at radius 3 is 2.26 bits per heavy atom. The lowest BCUT2D eigenvalue weighted by molar-refractivity contribution is 0.390. The predicted octanol–water partition coefficient (Wildman–Crippen LogP) is 2.97. The molecule has 5 heteroatoms. The van der Waals surface area contributed by atoms with Gasteiger partial charge in [0.25, 0.3) is 5.56 Å². The third-order valence-electron chi connectivity index (χ3n) is 3.79. The summed E-state index contributed by atoms with van der Waals surface area (Å²) in [6.07, 6.45) is 0.612. The fraction of sp³-hybridized carbons (Fsp3) is 0.222. The normalized spacial score (nSPS) is 10.7. The largest absolute Gasteiger partial charge is 0.494 e. The first kappa shape index (κ1) is 15.1. The van der Waals surface area contributed by atoms with Crippen molar-refractivity contribution < 1.29 is 9.47 Å². The second-order valence-corrected chi connectivity index (χ2v) is 5.05. The number of ether oxygens (including phenoxy) is 2. The van der Waals surface area contributed by atoms with E-state index >= 15 is 0 Å². The van der Waals surface area contributed by atoms with Gasteiger partial charge < -0.3 is 9.47 Å². The first-order chi connectivity index (χ1) is 11.2. The number of nitrogens with zero attached hydrogens (tertiary/aromatic N) is 2. The number of rotatable bonds is 4. The van der Waals surface area contributed by atoms with Crippen molar-refractivity contribution >= 4 is 10.9 Å². The van der Waals surface area contributed by atoms with Crippen LogP contribution >= 0.6 is 0 Å². The third kappa shape index (κ3) is 2.44. The maximum Gasteiger partial charge on any atom is 0.266 e. The van der Waals surface area contributed by atoms with Gasteiger partial charge in [-0.2, -0.15) is 0 Å². The molecule has 0 radical (unpaired) electrons. The molecule has 0 unspecified atom stereocenters. The van der Waals surface area contributed by atoms with Gasteiger partial charge in [-0.05, 0) is 24.3 Å². The summed E-state index contributed by atoms with van der Waals surface area (Å²) in [5.74, 6) is 1.80. The summed E-state index contributed by atoms with van der Waals surface area (Å²) in [5.41, 5.74) is 1.15. The van der Waals surface area contributed by atoms with E-state index in [4.69, 9.17) is 9.47 Å². The highest BCUT2D eigenvalue weighted by molar-refractivity contribution is 5.78. The molecule has 0 amide bonds. The van der Waals surface area contributed by atoms with Crippen LogP contribution in [0, 0.1) is 0 Å². The van der Waals surface area contributed by atoms with Gasteiger partial charge in [0.2, 0.25) is 0 Å². The van der Waals surface area contributed by atoms with Gasteiger partial charge >= 0.3 is 0 Å². The molecule has 0 saturated heterocycles. The Bertz CT molecular complexity index is 894. The van der Waals surface area contributed by atoms with Crippen LogP contribution in [0.3, 0.4) is 0 Å². The Morgan fingerprint density at radius 1 is 1.00 bits per heavy atom. The second-order valence-electron chi connectivity index (χ2n) is 5.05. The van der Waals surface area contributed by atoms with E-state index in [0.717, 1.165) is 0 Å². The van der Waals surface area contributed by atoms with Crippen LogP contribution in [0.2, 0.25) is 0 Å². The molecule has 23 heavy (non-hydrogen) atoms. The number of para-hydroxylation sites is 2. The number of fused-ring (bicyclic) bond motifs is 1. The molecule has 0 N–H and O–H groups in total. The lowest BCUT2D eigenvalue weighted by Crippen LogP contribution is -2.24. The molecule has 1 heterocycles. The first-order valence-corrected chi connectivity index (χ1v) is 7.43. The number of benzene rings is 2. The molecule has 0 aliphatic rings. The lowest BCUT2D eigenvalue weighted by Gasteiger charge is -2.18. The fourth-order valence-electron chi connectivity index (χ4n) is 2.70. The summed E-state index contributed by atoms with van der Waals surface area (Å²) in [6, 6.07) is 12.8. The van der Waals surface area contributed by atoms with Crippen molar-refractivity contribution in [3.8, 4) is 17.2 Å². The van der Waals surface area contributed by atoms with Crippen LogP contribution in [0.5, 0.6) is 11.5 Å². The van der Waals surface area contributed by atoms with Crippen molar-refractivity contribution in [2.45, 2.75) is 13.3 Å². The topological polar surface area (TPSA) is 53.4 Å². The molecule has 3 aromatic rings. The van der Waals surface area contributed by atoms with Crippen LogP contribution in [0.15, 0.2) is 47.3 Å². The number of methoxy groups -OCH3 is 2. The Morgan fingerprint density at radius 2 is 1.65 bits per heavy atom. The van der Waals surface area contributed by atoms with E-state index < -0.39 is 0 Å². The van der Waals surface area contributed by atoms with Crippen LogP contribution < -0.4 is 15.0 Å². The van der Waals surface area contributed by atoms with E-state index in [2.05, 4.69) is 4.98 Å². The molecule has 3 rings (SSSR count). The molecule has 0 fully saturated rings. The summed E-state index contributed by atoms with van der Waals surface area (Å²) >= 11 is 0. The molecule has 0 spiro atoms. The highest BCUT2D eigenvalue weighted by Crippen LogP contribution is 2.32. The summed E-state index contributed by atoms with van der Waals surface area (Å²) in [7, 11) is 3.15.